The van der Waals surface area contributed by atoms with Crippen molar-refractivity contribution >= 4 is 41.8 Å². The molecule has 238 valence electrons. The van der Waals surface area contributed by atoms with Gasteiger partial charge in [0.25, 0.3) is 0 Å². The molecule has 0 aromatic rings. The minimum absolute atomic E-state index is 0. The van der Waals surface area contributed by atoms with Crippen LogP contribution in [-0.4, -0.2) is 120 Å². The molecule has 0 aromatic carbocycles. The van der Waals surface area contributed by atoms with Gasteiger partial charge < -0.3 is 48.8 Å². The molecule has 17 nitrogen and oxygen atoms in total. The highest BCUT2D eigenvalue weighted by molar-refractivity contribution is 6.29. The van der Waals surface area contributed by atoms with E-state index in [1.54, 1.807) is 6.92 Å². The molecule has 3 unspecified atom stereocenters. The van der Waals surface area contributed by atoms with Gasteiger partial charge in [-0.15, -0.1) is 0 Å². The van der Waals surface area contributed by atoms with Crippen LogP contribution in [0.4, 0.5) is 0 Å². The first kappa shape index (κ1) is 39.5. The van der Waals surface area contributed by atoms with Gasteiger partial charge >= 0.3 is 41.8 Å². The Labute approximate surface area is 241 Å². The molecule has 1 aliphatic heterocycles. The van der Waals surface area contributed by atoms with Gasteiger partial charge in [0.2, 0.25) is 0 Å². The molecule has 1 saturated heterocycles. The third-order valence-corrected chi connectivity index (χ3v) is 3.82. The van der Waals surface area contributed by atoms with Crippen molar-refractivity contribution in [2.75, 3.05) is 39.6 Å². The number of carbonyl (C=O) groups excluding carboxylic acids is 5. The Bertz CT molecular complexity index is 969. The van der Waals surface area contributed by atoms with Crippen molar-refractivity contribution in [1.29, 1.82) is 0 Å². The van der Waals surface area contributed by atoms with Crippen molar-refractivity contribution in [3.05, 3.63) is 36.5 Å². The maximum atomic E-state index is 11.4. The van der Waals surface area contributed by atoms with Crippen molar-refractivity contribution in [2.24, 2.45) is 0 Å². The molecule has 3 atom stereocenters. The number of carboxylic acid groups (broad SMARTS) is 2. The zero-order valence-corrected chi connectivity index (χ0v) is 23.2. The van der Waals surface area contributed by atoms with Gasteiger partial charge in [-0.05, 0) is 20.8 Å². The zero-order chi connectivity index (χ0) is 33.0. The molecule has 1 heterocycles. The number of aliphatic carboxylic acids is 2. The molecule has 0 amide bonds. The standard InChI is InChI=1S/C16H22O10.C7H10O3.C2H2O4.H2/c1-9(2)13(19)23-5-11(17)7-25-15(21)16(22)26-8-12(18)6-24-14(20)10(3)4;1-5(2)7(8)10-4-6-3-9-6;3-1(4)2(5)6;/h11-12,17-18H,1,3,5-8H2,2,4H3;6H,1,3-4H2,2H3;(H,3,4)(H,5,6);1H/i;;;1+1. The van der Waals surface area contributed by atoms with Crippen LogP contribution in [0.25, 0.3) is 0 Å². The van der Waals surface area contributed by atoms with Crippen LogP contribution in [0.1, 0.15) is 22.2 Å². The van der Waals surface area contributed by atoms with Crippen molar-refractivity contribution in [1.82, 2.24) is 0 Å². The molecule has 1 rings (SSSR count). The Kier molecular flexibility index (Phi) is 19.9. The average molecular weight is 610 g/mol. The van der Waals surface area contributed by atoms with E-state index in [2.05, 4.69) is 38.7 Å². The molecular weight excluding hydrogens is 572 g/mol. The smallest absolute Gasteiger partial charge is 0.417 e. The number of ether oxygens (including phenoxy) is 6. The molecule has 0 spiro atoms. The summed E-state index contributed by atoms with van der Waals surface area (Å²) < 4.78 is 27.8. The molecule has 1 aliphatic rings. The van der Waals surface area contributed by atoms with E-state index in [4.69, 9.17) is 29.3 Å². The maximum absolute atomic E-state index is 11.4. The second kappa shape index (κ2) is 21.2. The normalized spacial score (nSPS) is 13.9. The largest absolute Gasteiger partial charge is 0.473 e. The Morgan fingerprint density at radius 1 is 0.643 bits per heavy atom. The minimum atomic E-state index is -1.82. The first-order valence-electron chi connectivity index (χ1n) is 11.6. The molecule has 0 bridgehead atoms. The number of hydrogen-bond acceptors (Lipinski definition) is 15. The summed E-state index contributed by atoms with van der Waals surface area (Å²) in [6.07, 6.45) is -2.55. The lowest BCUT2D eigenvalue weighted by atomic mass is 10.3. The Morgan fingerprint density at radius 2 is 0.905 bits per heavy atom. The number of aliphatic hydroxyl groups is 2. The predicted molar refractivity (Wildman–Crippen MR) is 138 cm³/mol. The third kappa shape index (κ3) is 22.2. The lowest BCUT2D eigenvalue weighted by Crippen LogP contribution is -2.31. The van der Waals surface area contributed by atoms with Gasteiger partial charge in [-0.2, -0.15) is 0 Å². The minimum Gasteiger partial charge on any atom is -0.473 e. The van der Waals surface area contributed by atoms with Crippen LogP contribution < -0.4 is 0 Å². The van der Waals surface area contributed by atoms with Crippen LogP contribution in [0.5, 0.6) is 0 Å². The summed E-state index contributed by atoms with van der Waals surface area (Å²) >= 11 is 0. The van der Waals surface area contributed by atoms with Crippen molar-refractivity contribution in [3.8, 4) is 0 Å². The Hall–Kier alpha value is -4.61. The van der Waals surface area contributed by atoms with Crippen LogP contribution in [0.15, 0.2) is 36.5 Å². The summed E-state index contributed by atoms with van der Waals surface area (Å²) in [5, 5.41) is 33.7. The number of esters is 5. The topological polar surface area (TPSA) is 259 Å². The summed E-state index contributed by atoms with van der Waals surface area (Å²) in [6, 6.07) is 0. The van der Waals surface area contributed by atoms with E-state index in [0.29, 0.717) is 18.8 Å². The summed E-state index contributed by atoms with van der Waals surface area (Å²) in [7, 11) is 0. The highest BCUT2D eigenvalue weighted by Crippen LogP contribution is 2.09. The van der Waals surface area contributed by atoms with Gasteiger partial charge in [0.15, 0.2) is 0 Å². The van der Waals surface area contributed by atoms with Crippen molar-refractivity contribution < 1.29 is 83.8 Å². The maximum Gasteiger partial charge on any atom is 0.417 e. The fourth-order valence-electron chi connectivity index (χ4n) is 1.60. The molecule has 17 heteroatoms. The molecule has 0 aromatic heterocycles. The SMILES string of the molecule is C=C(C)C(=O)OCC(O)COC(=O)C(=O)OCC(O)COC(=O)C(=C)C.C=C(C)C(=O)OCC1CO1.O=C(O)C(=O)O.[2HH]. The van der Waals surface area contributed by atoms with Crippen LogP contribution in [0, 0.1) is 0 Å². The van der Waals surface area contributed by atoms with Gasteiger partial charge in [-0.3, -0.25) is 0 Å². The number of aliphatic hydroxyl groups excluding tert-OH is 2. The number of epoxide rings is 1. The molecule has 4 N–H and O–H groups in total. The second-order valence-electron chi connectivity index (χ2n) is 8.21. The zero-order valence-electron chi connectivity index (χ0n) is 23.2. The molecule has 0 radical (unpaired) electrons. The van der Waals surface area contributed by atoms with Gasteiger partial charge in [0, 0.05) is 18.1 Å². The van der Waals surface area contributed by atoms with Crippen LogP contribution >= 0.6 is 0 Å². The van der Waals surface area contributed by atoms with Gasteiger partial charge in [0.05, 0.1) is 6.61 Å². The van der Waals surface area contributed by atoms with E-state index in [-0.39, 0.29) is 24.6 Å². The fourth-order valence-corrected chi connectivity index (χ4v) is 1.60. The van der Waals surface area contributed by atoms with Crippen molar-refractivity contribution in [3.63, 3.8) is 0 Å². The van der Waals surface area contributed by atoms with E-state index in [0.717, 1.165) is 0 Å². The lowest BCUT2D eigenvalue weighted by Gasteiger charge is -2.13. The molecule has 0 aliphatic carbocycles. The quantitative estimate of drug-likeness (QED) is 0.0637. The van der Waals surface area contributed by atoms with Gasteiger partial charge in [-0.1, -0.05) is 19.7 Å². The lowest BCUT2D eigenvalue weighted by molar-refractivity contribution is -0.172. The van der Waals surface area contributed by atoms with E-state index in [9.17, 15) is 34.2 Å². The molecule has 0 saturated carbocycles. The number of carbonyl (C=O) groups is 7. The van der Waals surface area contributed by atoms with E-state index in [1.165, 1.54) is 13.8 Å². The number of carboxylic acids is 2. The number of rotatable bonds is 13. The van der Waals surface area contributed by atoms with Crippen LogP contribution in [0.3, 0.4) is 0 Å². The van der Waals surface area contributed by atoms with E-state index >= 15 is 0 Å². The number of hydrogen-bond donors (Lipinski definition) is 4. The highest BCUT2D eigenvalue weighted by Gasteiger charge is 2.24. The second-order valence-corrected chi connectivity index (χ2v) is 8.21. The van der Waals surface area contributed by atoms with E-state index < -0.39 is 74.5 Å². The average Bonchev–Trinajstić information content (AvgIpc) is 3.75. The first-order valence-corrected chi connectivity index (χ1v) is 11.6. The summed E-state index contributed by atoms with van der Waals surface area (Å²) in [4.78, 5) is 73.8. The summed E-state index contributed by atoms with van der Waals surface area (Å²) in [5.74, 6) is -8.27. The van der Waals surface area contributed by atoms with Gasteiger partial charge in [-0.25, -0.2) is 33.6 Å². The van der Waals surface area contributed by atoms with Crippen LogP contribution in [-0.2, 0) is 62.0 Å². The van der Waals surface area contributed by atoms with Crippen LogP contribution in [0.2, 0.25) is 0 Å². The molecular formula is C25H36O17. The van der Waals surface area contributed by atoms with Gasteiger partial charge in [0.1, 0.15) is 51.3 Å². The van der Waals surface area contributed by atoms with Crippen molar-refractivity contribution in [2.45, 2.75) is 39.1 Å². The predicted octanol–water partition coefficient (Wildman–Crippen LogP) is -1.06. The highest BCUT2D eigenvalue weighted by atomic mass is 16.6. The monoisotopic (exact) mass is 609 g/mol. The first-order chi connectivity index (χ1) is 19.4. The van der Waals surface area contributed by atoms with E-state index in [1.807, 2.05) is 0 Å². The summed E-state index contributed by atoms with van der Waals surface area (Å²) in [5.41, 5.74) is 0.691. The Balaban J connectivity index is -0.000000764. The Morgan fingerprint density at radius 3 is 1.14 bits per heavy atom. The molecule has 42 heavy (non-hydrogen) atoms. The summed E-state index contributed by atoms with van der Waals surface area (Å²) in [6.45, 7) is 13.5. The fraction of sp³-hybridized carbons (Fsp3) is 0.480. The third-order valence-electron chi connectivity index (χ3n) is 3.82. The molecule has 1 fully saturated rings.